The number of benzene rings is 1. The molecular weight excluding hydrogens is 222 g/mol. The molecule has 0 bridgehead atoms. The zero-order chi connectivity index (χ0) is 11.5. The molecule has 88 valence electrons. The zero-order valence-corrected chi connectivity index (χ0v) is 10.6. The highest BCUT2D eigenvalue weighted by atomic mass is 35.5. The molecule has 1 aromatic carbocycles. The van der Waals surface area contributed by atoms with Gasteiger partial charge in [0.1, 0.15) is 0 Å². The predicted molar refractivity (Wildman–Crippen MR) is 68.2 cm³/mol. The highest BCUT2D eigenvalue weighted by molar-refractivity contribution is 6.33. The van der Waals surface area contributed by atoms with Crippen molar-refractivity contribution in [1.29, 1.82) is 0 Å². The lowest BCUT2D eigenvalue weighted by molar-refractivity contribution is 0.179. The predicted octanol–water partition coefficient (Wildman–Crippen LogP) is 3.49. The summed E-state index contributed by atoms with van der Waals surface area (Å²) in [5.74, 6) is 0.748. The Balaban J connectivity index is 2.05. The number of hydrogen-bond donors (Lipinski definition) is 1. The third kappa shape index (κ3) is 2.89. The maximum Gasteiger partial charge on any atom is 0.0666 e. The van der Waals surface area contributed by atoms with Crippen LogP contribution in [0.1, 0.15) is 18.4 Å². The second-order valence-corrected chi connectivity index (χ2v) is 4.93. The molecule has 1 aliphatic carbocycles. The van der Waals surface area contributed by atoms with Crippen LogP contribution in [0.4, 0.5) is 5.69 Å². The van der Waals surface area contributed by atoms with Crippen molar-refractivity contribution in [2.24, 2.45) is 5.92 Å². The van der Waals surface area contributed by atoms with Gasteiger partial charge >= 0.3 is 0 Å². The highest BCUT2D eigenvalue weighted by Gasteiger charge is 2.31. The van der Waals surface area contributed by atoms with Crippen molar-refractivity contribution in [3.05, 3.63) is 28.8 Å². The molecule has 0 spiro atoms. The summed E-state index contributed by atoms with van der Waals surface area (Å²) >= 11 is 6.20. The molecule has 1 fully saturated rings. The van der Waals surface area contributed by atoms with E-state index in [1.54, 1.807) is 7.11 Å². The summed E-state index contributed by atoms with van der Waals surface area (Å²) in [5.41, 5.74) is 2.20. The minimum atomic E-state index is 0.394. The topological polar surface area (TPSA) is 21.3 Å². The molecule has 2 nitrogen and oxygen atoms in total. The molecular formula is C13H18ClNO. The lowest BCUT2D eigenvalue weighted by Crippen LogP contribution is -2.27. The molecule has 16 heavy (non-hydrogen) atoms. The van der Waals surface area contributed by atoms with Gasteiger partial charge in [-0.2, -0.15) is 0 Å². The average molecular weight is 240 g/mol. The monoisotopic (exact) mass is 239 g/mol. The number of rotatable bonds is 5. The number of nitrogens with one attached hydrogen (secondary N) is 1. The molecule has 0 amide bonds. The minimum absolute atomic E-state index is 0.394. The summed E-state index contributed by atoms with van der Waals surface area (Å²) in [6.07, 6.45) is 2.59. The van der Waals surface area contributed by atoms with Crippen LogP contribution in [0.3, 0.4) is 0 Å². The van der Waals surface area contributed by atoms with Crippen LogP contribution in [0.5, 0.6) is 0 Å². The van der Waals surface area contributed by atoms with Crippen molar-refractivity contribution in [3.63, 3.8) is 0 Å². The zero-order valence-electron chi connectivity index (χ0n) is 9.79. The molecule has 1 aromatic rings. The van der Waals surface area contributed by atoms with Gasteiger partial charge in [-0.15, -0.1) is 0 Å². The van der Waals surface area contributed by atoms with E-state index in [0.717, 1.165) is 23.2 Å². The fraction of sp³-hybridized carbons (Fsp3) is 0.538. The summed E-state index contributed by atoms with van der Waals surface area (Å²) in [6, 6.07) is 6.50. The Morgan fingerprint density at radius 2 is 2.25 bits per heavy atom. The molecule has 1 N–H and O–H groups in total. The number of hydrogen-bond acceptors (Lipinski definition) is 2. The Morgan fingerprint density at radius 1 is 1.50 bits per heavy atom. The number of methoxy groups -OCH3 is 1. The first kappa shape index (κ1) is 11.7. The van der Waals surface area contributed by atoms with Crippen molar-refractivity contribution in [1.82, 2.24) is 0 Å². The number of ether oxygens (including phenoxy) is 1. The second-order valence-electron chi connectivity index (χ2n) is 4.53. The smallest absolute Gasteiger partial charge is 0.0666 e. The van der Waals surface area contributed by atoms with Gasteiger partial charge in [-0.1, -0.05) is 17.7 Å². The van der Waals surface area contributed by atoms with E-state index in [2.05, 4.69) is 11.4 Å². The Bertz CT molecular complexity index is 363. The van der Waals surface area contributed by atoms with E-state index in [1.165, 1.54) is 18.4 Å². The van der Waals surface area contributed by atoms with Gasteiger partial charge in [0.2, 0.25) is 0 Å². The van der Waals surface area contributed by atoms with Crippen molar-refractivity contribution in [2.75, 3.05) is 19.0 Å². The van der Waals surface area contributed by atoms with E-state index in [9.17, 15) is 0 Å². The van der Waals surface area contributed by atoms with E-state index in [1.807, 2.05) is 19.1 Å². The Morgan fingerprint density at radius 3 is 2.81 bits per heavy atom. The van der Waals surface area contributed by atoms with Crippen LogP contribution < -0.4 is 5.32 Å². The van der Waals surface area contributed by atoms with Crippen molar-refractivity contribution >= 4 is 17.3 Å². The van der Waals surface area contributed by atoms with Crippen LogP contribution in [0, 0.1) is 12.8 Å². The maximum absolute atomic E-state index is 6.20. The van der Waals surface area contributed by atoms with Crippen LogP contribution >= 0.6 is 11.6 Å². The number of aryl methyl sites for hydroxylation is 1. The Hall–Kier alpha value is -0.730. The normalized spacial score (nSPS) is 17.2. The summed E-state index contributed by atoms with van der Waals surface area (Å²) in [7, 11) is 1.74. The number of halogens is 1. The SMILES string of the molecule is COCC(Nc1ccc(C)cc1Cl)C1CC1. The lowest BCUT2D eigenvalue weighted by atomic mass is 10.1. The van der Waals surface area contributed by atoms with Gasteiger partial charge in [0.15, 0.2) is 0 Å². The van der Waals surface area contributed by atoms with E-state index < -0.39 is 0 Å². The first-order valence-corrected chi connectivity index (χ1v) is 6.10. The van der Waals surface area contributed by atoms with E-state index >= 15 is 0 Å². The highest BCUT2D eigenvalue weighted by Crippen LogP contribution is 2.35. The molecule has 3 heteroatoms. The molecule has 0 heterocycles. The standard InChI is InChI=1S/C13H18ClNO/c1-9-3-6-12(11(14)7-9)15-13(8-16-2)10-4-5-10/h3,6-7,10,13,15H,4-5,8H2,1-2H3. The minimum Gasteiger partial charge on any atom is -0.383 e. The fourth-order valence-corrected chi connectivity index (χ4v) is 2.20. The molecule has 1 aliphatic rings. The van der Waals surface area contributed by atoms with Gasteiger partial charge in [0.05, 0.1) is 23.4 Å². The molecule has 0 aromatic heterocycles. The molecule has 1 atom stereocenters. The Kier molecular flexibility index (Phi) is 3.72. The van der Waals surface area contributed by atoms with Gasteiger partial charge in [-0.25, -0.2) is 0 Å². The van der Waals surface area contributed by atoms with Gasteiger partial charge in [-0.05, 0) is 43.4 Å². The van der Waals surface area contributed by atoms with Crippen molar-refractivity contribution < 1.29 is 4.74 Å². The summed E-state index contributed by atoms with van der Waals surface area (Å²) < 4.78 is 5.24. The largest absolute Gasteiger partial charge is 0.383 e. The molecule has 0 aliphatic heterocycles. The molecule has 1 saturated carbocycles. The van der Waals surface area contributed by atoms with E-state index in [0.29, 0.717) is 6.04 Å². The lowest BCUT2D eigenvalue weighted by Gasteiger charge is -2.19. The molecule has 0 saturated heterocycles. The van der Waals surface area contributed by atoms with E-state index in [4.69, 9.17) is 16.3 Å². The van der Waals surface area contributed by atoms with Crippen LogP contribution in [0.2, 0.25) is 5.02 Å². The first-order chi connectivity index (χ1) is 7.70. The quantitative estimate of drug-likeness (QED) is 0.850. The third-order valence-electron chi connectivity index (χ3n) is 3.00. The third-order valence-corrected chi connectivity index (χ3v) is 3.32. The summed E-state index contributed by atoms with van der Waals surface area (Å²) in [6.45, 7) is 2.79. The molecule has 1 unspecified atom stereocenters. The van der Waals surface area contributed by atoms with E-state index in [-0.39, 0.29) is 0 Å². The fourth-order valence-electron chi connectivity index (χ4n) is 1.91. The van der Waals surface area contributed by atoms with Crippen LogP contribution in [0.25, 0.3) is 0 Å². The Labute approximate surface area is 102 Å². The molecule has 0 radical (unpaired) electrons. The van der Waals surface area contributed by atoms with Gasteiger partial charge in [0, 0.05) is 7.11 Å². The van der Waals surface area contributed by atoms with Crippen LogP contribution in [0.15, 0.2) is 18.2 Å². The van der Waals surface area contributed by atoms with Gasteiger partial charge < -0.3 is 10.1 Å². The summed E-state index contributed by atoms with van der Waals surface area (Å²) in [5, 5.41) is 4.27. The van der Waals surface area contributed by atoms with Crippen LogP contribution in [-0.2, 0) is 4.74 Å². The molecule has 2 rings (SSSR count). The summed E-state index contributed by atoms with van der Waals surface area (Å²) in [4.78, 5) is 0. The van der Waals surface area contributed by atoms with Gasteiger partial charge in [-0.3, -0.25) is 0 Å². The van der Waals surface area contributed by atoms with Crippen molar-refractivity contribution in [2.45, 2.75) is 25.8 Å². The maximum atomic E-state index is 6.20. The van der Waals surface area contributed by atoms with Crippen molar-refractivity contribution in [3.8, 4) is 0 Å². The van der Waals surface area contributed by atoms with Gasteiger partial charge in [0.25, 0.3) is 0 Å². The first-order valence-electron chi connectivity index (χ1n) is 5.72. The second kappa shape index (κ2) is 5.07. The number of anilines is 1. The van der Waals surface area contributed by atoms with Crippen LogP contribution in [-0.4, -0.2) is 19.8 Å². The average Bonchev–Trinajstić information content (AvgIpc) is 3.04.